The number of ether oxygens (including phenoxy) is 2. The molecule has 0 radical (unpaired) electrons. The maximum atomic E-state index is 5.41. The lowest BCUT2D eigenvalue weighted by Crippen LogP contribution is -2.49. The minimum atomic E-state index is 0. The molecule has 2 saturated heterocycles. The van der Waals surface area contributed by atoms with Crippen LogP contribution in [0.5, 0.6) is 11.5 Å². The first-order chi connectivity index (χ1) is 14.2. The van der Waals surface area contributed by atoms with Gasteiger partial charge in [-0.05, 0) is 51.7 Å². The van der Waals surface area contributed by atoms with Gasteiger partial charge in [0, 0.05) is 56.6 Å². The summed E-state index contributed by atoms with van der Waals surface area (Å²) in [6, 6.07) is 6.52. The third-order valence-electron chi connectivity index (χ3n) is 5.90. The van der Waals surface area contributed by atoms with Crippen molar-refractivity contribution in [3.63, 3.8) is 0 Å². The fraction of sp³-hybridized carbons (Fsp3) is 0.682. The highest BCUT2D eigenvalue weighted by atomic mass is 127. The highest BCUT2D eigenvalue weighted by Crippen LogP contribution is 2.30. The van der Waals surface area contributed by atoms with E-state index in [0.29, 0.717) is 6.04 Å². The van der Waals surface area contributed by atoms with E-state index in [1.54, 1.807) is 14.2 Å². The molecule has 3 rings (SSSR count). The van der Waals surface area contributed by atoms with Gasteiger partial charge >= 0.3 is 0 Å². The number of anilines is 1. The smallest absolute Gasteiger partial charge is 0.191 e. The van der Waals surface area contributed by atoms with Crippen molar-refractivity contribution in [2.75, 3.05) is 65.4 Å². The molecule has 2 heterocycles. The van der Waals surface area contributed by atoms with Crippen molar-refractivity contribution in [3.05, 3.63) is 18.2 Å². The fourth-order valence-corrected chi connectivity index (χ4v) is 4.16. The van der Waals surface area contributed by atoms with Gasteiger partial charge in [-0.15, -0.1) is 24.0 Å². The van der Waals surface area contributed by atoms with Gasteiger partial charge in [-0.2, -0.15) is 0 Å². The zero-order valence-corrected chi connectivity index (χ0v) is 21.0. The molecule has 2 aliphatic heterocycles. The first-order valence-electron chi connectivity index (χ1n) is 10.9. The third-order valence-corrected chi connectivity index (χ3v) is 5.90. The van der Waals surface area contributed by atoms with Gasteiger partial charge in [0.05, 0.1) is 14.2 Å². The minimum Gasteiger partial charge on any atom is -0.497 e. The number of methoxy groups -OCH3 is 2. The number of guanidine groups is 1. The topological polar surface area (TPSA) is 61.4 Å². The minimum absolute atomic E-state index is 0. The summed E-state index contributed by atoms with van der Waals surface area (Å²) in [5.41, 5.74) is 1.16. The number of piperidine rings is 1. The van der Waals surface area contributed by atoms with Gasteiger partial charge in [0.15, 0.2) is 5.96 Å². The molecule has 7 nitrogen and oxygen atoms in total. The average Bonchev–Trinajstić information content (AvgIpc) is 3.29. The van der Waals surface area contributed by atoms with Crippen LogP contribution in [0.1, 0.15) is 32.1 Å². The van der Waals surface area contributed by atoms with Crippen molar-refractivity contribution < 1.29 is 9.47 Å². The lowest BCUT2D eigenvalue weighted by molar-refractivity contribution is 0.333. The molecule has 0 amide bonds. The molecule has 0 atom stereocenters. The molecular formula is C22H38IN5O2. The number of aliphatic imine (C=N–C) groups is 1. The van der Waals surface area contributed by atoms with Crippen molar-refractivity contribution in [2.24, 2.45) is 4.99 Å². The summed E-state index contributed by atoms with van der Waals surface area (Å²) in [6.45, 7) is 6.69. The van der Waals surface area contributed by atoms with E-state index in [0.717, 1.165) is 62.0 Å². The number of benzene rings is 1. The molecule has 2 aliphatic rings. The second kappa shape index (κ2) is 13.1. The van der Waals surface area contributed by atoms with Gasteiger partial charge in [-0.25, -0.2) is 0 Å². The van der Waals surface area contributed by atoms with E-state index in [2.05, 4.69) is 37.6 Å². The number of hydrogen-bond donors (Lipinski definition) is 2. The Labute approximate surface area is 198 Å². The van der Waals surface area contributed by atoms with Crippen LogP contribution in [0.25, 0.3) is 0 Å². The zero-order valence-electron chi connectivity index (χ0n) is 18.7. The molecule has 0 aromatic heterocycles. The summed E-state index contributed by atoms with van der Waals surface area (Å²) in [4.78, 5) is 9.36. The first-order valence-corrected chi connectivity index (χ1v) is 10.9. The van der Waals surface area contributed by atoms with Crippen LogP contribution in [-0.4, -0.2) is 77.4 Å². The lowest BCUT2D eigenvalue weighted by Gasteiger charge is -2.34. The van der Waals surface area contributed by atoms with Crippen molar-refractivity contribution in [3.8, 4) is 11.5 Å². The third kappa shape index (κ3) is 7.37. The number of nitrogens with zero attached hydrogens (tertiary/aromatic N) is 3. The summed E-state index contributed by atoms with van der Waals surface area (Å²) in [5, 5.41) is 7.08. The van der Waals surface area contributed by atoms with E-state index in [4.69, 9.17) is 9.47 Å². The molecule has 0 spiro atoms. The van der Waals surface area contributed by atoms with E-state index in [-0.39, 0.29) is 24.0 Å². The van der Waals surface area contributed by atoms with Gasteiger partial charge < -0.3 is 29.9 Å². The van der Waals surface area contributed by atoms with Gasteiger partial charge in [0.1, 0.15) is 11.5 Å². The maximum absolute atomic E-state index is 5.41. The van der Waals surface area contributed by atoms with E-state index in [9.17, 15) is 0 Å². The summed E-state index contributed by atoms with van der Waals surface area (Å²) < 4.78 is 10.8. The molecular weight excluding hydrogens is 493 g/mol. The van der Waals surface area contributed by atoms with Crippen molar-refractivity contribution >= 4 is 35.6 Å². The van der Waals surface area contributed by atoms with Crippen LogP contribution in [0.3, 0.4) is 0 Å². The second-order valence-electron chi connectivity index (χ2n) is 7.88. The van der Waals surface area contributed by atoms with Crippen LogP contribution >= 0.6 is 24.0 Å². The fourth-order valence-electron chi connectivity index (χ4n) is 4.16. The van der Waals surface area contributed by atoms with E-state index in [1.165, 1.54) is 32.5 Å². The predicted molar refractivity (Wildman–Crippen MR) is 135 cm³/mol. The predicted octanol–water partition coefficient (Wildman–Crippen LogP) is 2.94. The molecule has 0 bridgehead atoms. The monoisotopic (exact) mass is 531 g/mol. The summed E-state index contributed by atoms with van der Waals surface area (Å²) in [6.07, 6.45) is 6.04. The standard InChI is InChI=1S/C22H37N5O2.HI/c1-23-22(24-9-6-12-26-10-4-5-11-26)25-18-7-13-27(14-8-18)19-15-20(28-2)17-21(16-19)29-3;/h15-18H,4-14H2,1-3H3,(H2,23,24,25);1H. The molecule has 0 aliphatic carbocycles. The van der Waals surface area contributed by atoms with Crippen molar-refractivity contribution in [1.82, 2.24) is 15.5 Å². The Balaban J connectivity index is 0.00000320. The molecule has 2 N–H and O–H groups in total. The average molecular weight is 531 g/mol. The normalized spacial score (nSPS) is 18.1. The van der Waals surface area contributed by atoms with Crippen LogP contribution in [-0.2, 0) is 0 Å². The molecule has 30 heavy (non-hydrogen) atoms. The second-order valence-corrected chi connectivity index (χ2v) is 7.88. The van der Waals surface area contributed by atoms with E-state index in [1.807, 2.05) is 13.1 Å². The lowest BCUT2D eigenvalue weighted by atomic mass is 10.0. The largest absolute Gasteiger partial charge is 0.497 e. The highest BCUT2D eigenvalue weighted by molar-refractivity contribution is 14.0. The Hall–Kier alpha value is -1.42. The Kier molecular flexibility index (Phi) is 10.8. The SMILES string of the molecule is CN=C(NCCCN1CCCC1)NC1CCN(c2cc(OC)cc(OC)c2)CC1.I. The summed E-state index contributed by atoms with van der Waals surface area (Å²) in [5.74, 6) is 2.59. The quantitative estimate of drug-likeness (QED) is 0.233. The molecule has 170 valence electrons. The van der Waals surface area contributed by atoms with Crippen LogP contribution in [0.15, 0.2) is 23.2 Å². The van der Waals surface area contributed by atoms with Gasteiger partial charge in [-0.1, -0.05) is 0 Å². The van der Waals surface area contributed by atoms with Crippen LogP contribution in [0, 0.1) is 0 Å². The van der Waals surface area contributed by atoms with Crippen LogP contribution < -0.4 is 25.0 Å². The number of rotatable bonds is 8. The first kappa shape index (κ1) is 24.8. The van der Waals surface area contributed by atoms with Gasteiger partial charge in [0.25, 0.3) is 0 Å². The molecule has 0 unspecified atom stereocenters. The number of nitrogens with one attached hydrogen (secondary N) is 2. The Morgan fingerprint density at radius 1 is 1.03 bits per heavy atom. The summed E-state index contributed by atoms with van der Waals surface area (Å²) >= 11 is 0. The Morgan fingerprint density at radius 2 is 1.67 bits per heavy atom. The highest BCUT2D eigenvalue weighted by Gasteiger charge is 2.21. The number of likely N-dealkylation sites (tertiary alicyclic amines) is 1. The molecule has 1 aromatic rings. The van der Waals surface area contributed by atoms with E-state index < -0.39 is 0 Å². The molecule has 1 aromatic carbocycles. The summed E-state index contributed by atoms with van der Waals surface area (Å²) in [7, 11) is 5.24. The van der Waals surface area contributed by atoms with Crippen LogP contribution in [0.4, 0.5) is 5.69 Å². The molecule has 8 heteroatoms. The number of hydrogen-bond acceptors (Lipinski definition) is 5. The van der Waals surface area contributed by atoms with Gasteiger partial charge in [0.2, 0.25) is 0 Å². The molecule has 2 fully saturated rings. The van der Waals surface area contributed by atoms with Crippen molar-refractivity contribution in [2.45, 2.75) is 38.1 Å². The Bertz CT molecular complexity index is 637. The number of halogens is 1. The Morgan fingerprint density at radius 3 is 2.23 bits per heavy atom. The van der Waals surface area contributed by atoms with Crippen molar-refractivity contribution in [1.29, 1.82) is 0 Å². The zero-order chi connectivity index (χ0) is 20.5. The molecule has 0 saturated carbocycles. The van der Waals surface area contributed by atoms with E-state index >= 15 is 0 Å². The maximum Gasteiger partial charge on any atom is 0.191 e. The van der Waals surface area contributed by atoms with Crippen LogP contribution in [0.2, 0.25) is 0 Å². The van der Waals surface area contributed by atoms with Gasteiger partial charge in [-0.3, -0.25) is 4.99 Å².